The van der Waals surface area contributed by atoms with E-state index >= 15 is 0 Å². The molecular weight excluding hydrogens is 667 g/mol. The molecule has 0 aliphatic heterocycles. The minimum atomic E-state index is 0.870. The first-order valence-corrected chi connectivity index (χ1v) is 18.8. The number of anilines is 3. The maximum Gasteiger partial charge on any atom is 0.137 e. The molecule has 2 nitrogen and oxygen atoms in total. The fourth-order valence-electron chi connectivity index (χ4n) is 8.18. The van der Waals surface area contributed by atoms with Crippen LogP contribution in [0.3, 0.4) is 0 Å². The number of rotatable bonds is 7. The number of benzene rings is 9. The first-order chi connectivity index (χ1) is 27.2. The third-order valence-corrected chi connectivity index (χ3v) is 10.8. The van der Waals surface area contributed by atoms with Crippen LogP contribution >= 0.6 is 0 Å². The summed E-state index contributed by atoms with van der Waals surface area (Å²) < 4.78 is 6.54. The smallest absolute Gasteiger partial charge is 0.137 e. The zero-order valence-electron chi connectivity index (χ0n) is 30.5. The summed E-state index contributed by atoms with van der Waals surface area (Å²) in [6.07, 6.45) is 0. The first-order valence-electron chi connectivity index (χ1n) is 18.8. The summed E-state index contributed by atoms with van der Waals surface area (Å²) >= 11 is 0. The maximum absolute atomic E-state index is 6.54. The van der Waals surface area contributed by atoms with Crippen LogP contribution in [0.4, 0.5) is 17.1 Å². The van der Waals surface area contributed by atoms with Crippen LogP contribution in [0.1, 0.15) is 5.56 Å². The van der Waals surface area contributed by atoms with Gasteiger partial charge in [0.05, 0.1) is 5.69 Å². The summed E-state index contributed by atoms with van der Waals surface area (Å²) in [7, 11) is 0. The van der Waals surface area contributed by atoms with E-state index in [-0.39, 0.29) is 0 Å². The summed E-state index contributed by atoms with van der Waals surface area (Å²) in [5.74, 6) is 0. The summed E-state index contributed by atoms with van der Waals surface area (Å²) in [5.41, 5.74) is 15.7. The summed E-state index contributed by atoms with van der Waals surface area (Å²) in [5, 5.41) is 4.68. The van der Waals surface area contributed by atoms with E-state index in [9.17, 15) is 0 Å². The van der Waals surface area contributed by atoms with Crippen LogP contribution in [0.5, 0.6) is 0 Å². The van der Waals surface area contributed by atoms with Gasteiger partial charge in [0.25, 0.3) is 0 Å². The highest BCUT2D eigenvalue weighted by molar-refractivity contribution is 6.08. The molecule has 1 heterocycles. The van der Waals surface area contributed by atoms with Crippen molar-refractivity contribution in [2.24, 2.45) is 0 Å². The third kappa shape index (κ3) is 5.85. The molecule has 0 N–H and O–H groups in total. The van der Waals surface area contributed by atoms with E-state index in [0.717, 1.165) is 50.3 Å². The Hall–Kier alpha value is -7.16. The van der Waals surface area contributed by atoms with Crippen molar-refractivity contribution in [1.29, 1.82) is 0 Å². The van der Waals surface area contributed by atoms with Crippen LogP contribution in [0.25, 0.3) is 77.2 Å². The molecule has 0 spiro atoms. The largest absolute Gasteiger partial charge is 0.456 e. The Morgan fingerprint density at radius 1 is 0.382 bits per heavy atom. The van der Waals surface area contributed by atoms with E-state index in [0.29, 0.717) is 0 Å². The van der Waals surface area contributed by atoms with Gasteiger partial charge in [0.2, 0.25) is 0 Å². The highest BCUT2D eigenvalue weighted by atomic mass is 16.3. The van der Waals surface area contributed by atoms with Crippen molar-refractivity contribution in [1.82, 2.24) is 0 Å². The molecule has 0 bridgehead atoms. The highest BCUT2D eigenvalue weighted by Gasteiger charge is 2.21. The van der Waals surface area contributed by atoms with Gasteiger partial charge in [0, 0.05) is 33.8 Å². The summed E-state index contributed by atoms with van der Waals surface area (Å²) in [4.78, 5) is 2.39. The van der Waals surface area contributed by atoms with Gasteiger partial charge in [-0.15, -0.1) is 0 Å². The van der Waals surface area contributed by atoms with Crippen molar-refractivity contribution in [3.8, 4) is 44.5 Å². The van der Waals surface area contributed by atoms with E-state index in [2.05, 4.69) is 218 Å². The second-order valence-corrected chi connectivity index (χ2v) is 14.2. The van der Waals surface area contributed by atoms with Gasteiger partial charge in [-0.25, -0.2) is 0 Å². The molecule has 0 atom stereocenters. The van der Waals surface area contributed by atoms with Crippen LogP contribution in [-0.4, -0.2) is 0 Å². The lowest BCUT2D eigenvalue weighted by Gasteiger charge is -2.29. The van der Waals surface area contributed by atoms with Crippen molar-refractivity contribution >= 4 is 49.8 Å². The number of nitrogens with zero attached hydrogens (tertiary/aromatic N) is 1. The fourth-order valence-corrected chi connectivity index (χ4v) is 8.18. The number of fused-ring (bicyclic) bond motifs is 4. The molecule has 1 aromatic heterocycles. The minimum Gasteiger partial charge on any atom is -0.456 e. The van der Waals surface area contributed by atoms with Crippen molar-refractivity contribution in [3.63, 3.8) is 0 Å². The molecule has 0 saturated carbocycles. The lowest BCUT2D eigenvalue weighted by Crippen LogP contribution is -2.11. The van der Waals surface area contributed by atoms with Gasteiger partial charge in [-0.3, -0.25) is 0 Å². The van der Waals surface area contributed by atoms with Crippen LogP contribution in [0.15, 0.2) is 211 Å². The average Bonchev–Trinajstić information content (AvgIpc) is 3.64. The van der Waals surface area contributed by atoms with Crippen molar-refractivity contribution < 1.29 is 4.42 Å². The van der Waals surface area contributed by atoms with E-state index < -0.39 is 0 Å². The maximum atomic E-state index is 6.54. The van der Waals surface area contributed by atoms with Crippen molar-refractivity contribution in [2.45, 2.75) is 6.92 Å². The van der Waals surface area contributed by atoms with Gasteiger partial charge in [-0.1, -0.05) is 158 Å². The quantitative estimate of drug-likeness (QED) is 0.164. The van der Waals surface area contributed by atoms with Crippen molar-refractivity contribution in [2.75, 3.05) is 4.90 Å². The van der Waals surface area contributed by atoms with Crippen LogP contribution in [-0.2, 0) is 0 Å². The van der Waals surface area contributed by atoms with Gasteiger partial charge < -0.3 is 9.32 Å². The standard InChI is InChI=1S/C53H37NO/c1-36-15-13-26-50-52(36)47-32-31-44(35-51(47)55-50)54(49-34-42-23-12-11-22-41(42)33-48(49)39-20-9-4-10-21-39)43-29-27-40(28-30-43)53-45(37-16-5-2-6-17-37)24-14-25-46(53)38-18-7-3-8-19-38/h2-35H,1H3. The SMILES string of the molecule is Cc1cccc2oc3cc(N(c4ccc(-c5c(-c6ccccc6)cccc5-c5ccccc5)cc4)c4cc5ccccc5cc4-c4ccccc4)ccc3c12. The van der Waals surface area contributed by atoms with E-state index in [4.69, 9.17) is 4.42 Å². The second kappa shape index (κ2) is 13.7. The number of aryl methyl sites for hydroxylation is 1. The number of furan rings is 1. The molecule has 0 radical (unpaired) electrons. The fraction of sp³-hybridized carbons (Fsp3) is 0.0189. The Bertz CT molecular complexity index is 2910. The average molecular weight is 704 g/mol. The zero-order chi connectivity index (χ0) is 36.7. The highest BCUT2D eigenvalue weighted by Crippen LogP contribution is 2.46. The topological polar surface area (TPSA) is 16.4 Å². The molecule has 55 heavy (non-hydrogen) atoms. The molecule has 2 heteroatoms. The molecule has 260 valence electrons. The van der Waals surface area contributed by atoms with E-state index in [1.807, 2.05) is 0 Å². The minimum absolute atomic E-state index is 0.870. The Morgan fingerprint density at radius 3 is 1.56 bits per heavy atom. The van der Waals surface area contributed by atoms with Gasteiger partial charge >= 0.3 is 0 Å². The number of hydrogen-bond acceptors (Lipinski definition) is 2. The molecule has 9 aromatic carbocycles. The zero-order valence-corrected chi connectivity index (χ0v) is 30.5. The van der Waals surface area contributed by atoms with Crippen LogP contribution in [0, 0.1) is 6.92 Å². The molecule has 0 unspecified atom stereocenters. The molecule has 10 rings (SSSR count). The van der Waals surface area contributed by atoms with E-state index in [1.165, 1.54) is 49.5 Å². The second-order valence-electron chi connectivity index (χ2n) is 14.2. The third-order valence-electron chi connectivity index (χ3n) is 10.8. The van der Waals surface area contributed by atoms with Crippen LogP contribution < -0.4 is 4.90 Å². The summed E-state index contributed by atoms with van der Waals surface area (Å²) in [6, 6.07) is 74.1. The lowest BCUT2D eigenvalue weighted by molar-refractivity contribution is 0.669. The van der Waals surface area contributed by atoms with Gasteiger partial charge in [-0.05, 0) is 105 Å². The Morgan fingerprint density at radius 2 is 0.927 bits per heavy atom. The molecular formula is C53H37NO. The molecule has 0 saturated heterocycles. The van der Waals surface area contributed by atoms with Crippen LogP contribution in [0.2, 0.25) is 0 Å². The first kappa shape index (κ1) is 32.5. The van der Waals surface area contributed by atoms with Crippen molar-refractivity contribution in [3.05, 3.63) is 212 Å². The van der Waals surface area contributed by atoms with Gasteiger partial charge in [0.15, 0.2) is 0 Å². The molecule has 0 aliphatic carbocycles. The lowest BCUT2D eigenvalue weighted by atomic mass is 9.87. The van der Waals surface area contributed by atoms with Gasteiger partial charge in [0.1, 0.15) is 11.2 Å². The number of hydrogen-bond donors (Lipinski definition) is 0. The summed E-state index contributed by atoms with van der Waals surface area (Å²) in [6.45, 7) is 2.15. The molecule has 0 fully saturated rings. The predicted octanol–water partition coefficient (Wildman–Crippen LogP) is 15.2. The Balaban J connectivity index is 1.20. The molecule has 0 aliphatic rings. The Labute approximate surface area is 321 Å². The molecule has 0 amide bonds. The predicted molar refractivity (Wildman–Crippen MR) is 232 cm³/mol. The van der Waals surface area contributed by atoms with Gasteiger partial charge in [-0.2, -0.15) is 0 Å². The normalized spacial score (nSPS) is 11.4. The van der Waals surface area contributed by atoms with E-state index in [1.54, 1.807) is 0 Å². The molecule has 10 aromatic rings. The monoisotopic (exact) mass is 703 g/mol. The Kier molecular flexibility index (Phi) is 8.08.